The van der Waals surface area contributed by atoms with E-state index in [0.29, 0.717) is 13.1 Å². The molecule has 0 aliphatic heterocycles. The SMILES string of the molecule is S=C=NCc1ccc(CN=C=S)cc1. The second-order valence-corrected chi connectivity index (χ2v) is 3.00. The lowest BCUT2D eigenvalue weighted by atomic mass is 10.1. The molecule has 0 N–H and O–H groups in total. The van der Waals surface area contributed by atoms with E-state index in [4.69, 9.17) is 0 Å². The average Bonchev–Trinajstić information content (AvgIpc) is 2.25. The van der Waals surface area contributed by atoms with Crippen molar-refractivity contribution in [2.45, 2.75) is 13.1 Å². The van der Waals surface area contributed by atoms with Crippen LogP contribution in [0.25, 0.3) is 0 Å². The van der Waals surface area contributed by atoms with Crippen LogP contribution in [0.1, 0.15) is 11.1 Å². The number of nitrogens with zero attached hydrogens (tertiary/aromatic N) is 2. The molecule has 0 unspecified atom stereocenters. The van der Waals surface area contributed by atoms with E-state index in [-0.39, 0.29) is 0 Å². The maximum absolute atomic E-state index is 4.48. The van der Waals surface area contributed by atoms with E-state index >= 15 is 0 Å². The number of thiocarbonyl (C=S) groups is 2. The van der Waals surface area contributed by atoms with Crippen molar-refractivity contribution in [1.29, 1.82) is 0 Å². The second-order valence-electron chi connectivity index (χ2n) is 2.63. The van der Waals surface area contributed by atoms with Gasteiger partial charge in [-0.05, 0) is 35.6 Å². The molecule has 0 aromatic heterocycles. The molecule has 0 heterocycles. The van der Waals surface area contributed by atoms with Crippen LogP contribution in [0, 0.1) is 0 Å². The molecule has 0 bridgehead atoms. The van der Waals surface area contributed by atoms with Gasteiger partial charge in [-0.1, -0.05) is 24.3 Å². The van der Waals surface area contributed by atoms with Crippen molar-refractivity contribution in [3.05, 3.63) is 35.4 Å². The van der Waals surface area contributed by atoms with E-state index < -0.39 is 0 Å². The Kier molecular flexibility index (Phi) is 4.90. The van der Waals surface area contributed by atoms with Crippen molar-refractivity contribution in [3.8, 4) is 0 Å². The topological polar surface area (TPSA) is 24.7 Å². The third-order valence-corrected chi connectivity index (χ3v) is 1.93. The maximum Gasteiger partial charge on any atom is 0.0743 e. The summed E-state index contributed by atoms with van der Waals surface area (Å²) >= 11 is 8.97. The molecule has 0 spiro atoms. The number of rotatable bonds is 4. The normalized spacial score (nSPS) is 8.57. The van der Waals surface area contributed by atoms with Crippen LogP contribution in [-0.4, -0.2) is 10.3 Å². The number of aliphatic imine (C=N–C) groups is 2. The van der Waals surface area contributed by atoms with Crippen molar-refractivity contribution in [2.24, 2.45) is 9.98 Å². The summed E-state index contributed by atoms with van der Waals surface area (Å²) in [7, 11) is 0. The summed E-state index contributed by atoms with van der Waals surface area (Å²) in [5.41, 5.74) is 2.22. The van der Waals surface area contributed by atoms with E-state index in [1.54, 1.807) is 0 Å². The van der Waals surface area contributed by atoms with E-state index in [2.05, 4.69) is 44.7 Å². The smallest absolute Gasteiger partial charge is 0.0743 e. The quantitative estimate of drug-likeness (QED) is 0.575. The number of hydrogen-bond donors (Lipinski definition) is 0. The van der Waals surface area contributed by atoms with E-state index in [0.717, 1.165) is 11.1 Å². The Labute approximate surface area is 93.4 Å². The van der Waals surface area contributed by atoms with Gasteiger partial charge in [0.1, 0.15) is 0 Å². The molecule has 1 rings (SSSR count). The highest BCUT2D eigenvalue weighted by Gasteiger charge is 1.92. The van der Waals surface area contributed by atoms with Gasteiger partial charge in [0.2, 0.25) is 0 Å². The molecule has 0 fully saturated rings. The maximum atomic E-state index is 4.48. The summed E-state index contributed by atoms with van der Waals surface area (Å²) < 4.78 is 0. The van der Waals surface area contributed by atoms with Crippen LogP contribution >= 0.6 is 24.4 Å². The van der Waals surface area contributed by atoms with E-state index in [1.807, 2.05) is 24.3 Å². The zero-order chi connectivity index (χ0) is 10.2. The molecule has 70 valence electrons. The van der Waals surface area contributed by atoms with Crippen molar-refractivity contribution in [2.75, 3.05) is 0 Å². The fourth-order valence-corrected chi connectivity index (χ4v) is 1.13. The predicted octanol–water partition coefficient (Wildman–Crippen LogP) is 2.89. The lowest BCUT2D eigenvalue weighted by molar-refractivity contribution is 1.05. The van der Waals surface area contributed by atoms with Gasteiger partial charge >= 0.3 is 0 Å². The molecule has 0 aliphatic carbocycles. The Bertz CT molecular complexity index is 346. The number of hydrogen-bond acceptors (Lipinski definition) is 4. The van der Waals surface area contributed by atoms with Crippen molar-refractivity contribution in [3.63, 3.8) is 0 Å². The van der Waals surface area contributed by atoms with E-state index in [1.165, 1.54) is 0 Å². The van der Waals surface area contributed by atoms with Crippen LogP contribution in [0.4, 0.5) is 0 Å². The van der Waals surface area contributed by atoms with Gasteiger partial charge in [-0.3, -0.25) is 0 Å². The Morgan fingerprint density at radius 1 is 0.857 bits per heavy atom. The summed E-state index contributed by atoms with van der Waals surface area (Å²) in [4.78, 5) is 7.69. The molecule has 4 heteroatoms. The van der Waals surface area contributed by atoms with Crippen LogP contribution < -0.4 is 0 Å². The first-order chi connectivity index (χ1) is 6.86. The highest BCUT2D eigenvalue weighted by Crippen LogP contribution is 2.06. The third kappa shape index (κ3) is 3.69. The summed E-state index contributed by atoms with van der Waals surface area (Å²) in [6.45, 7) is 1.17. The predicted molar refractivity (Wildman–Crippen MR) is 63.9 cm³/mol. The summed E-state index contributed by atoms with van der Waals surface area (Å²) in [6, 6.07) is 7.96. The first-order valence-electron chi connectivity index (χ1n) is 4.02. The summed E-state index contributed by atoms with van der Waals surface area (Å²) in [5.74, 6) is 0. The monoisotopic (exact) mass is 220 g/mol. The van der Waals surface area contributed by atoms with Crippen LogP contribution in [0.2, 0.25) is 0 Å². The summed E-state index contributed by atoms with van der Waals surface area (Å²) in [6.07, 6.45) is 0. The van der Waals surface area contributed by atoms with E-state index in [9.17, 15) is 0 Å². The second kappa shape index (κ2) is 6.30. The van der Waals surface area contributed by atoms with Gasteiger partial charge in [-0.25, -0.2) is 9.98 Å². The zero-order valence-corrected chi connectivity index (χ0v) is 9.07. The minimum atomic E-state index is 0.584. The Morgan fingerprint density at radius 2 is 1.21 bits per heavy atom. The summed E-state index contributed by atoms with van der Waals surface area (Å²) in [5, 5.41) is 4.66. The minimum absolute atomic E-state index is 0.584. The first kappa shape index (κ1) is 10.9. The molecule has 1 aromatic rings. The number of benzene rings is 1. The van der Waals surface area contributed by atoms with Gasteiger partial charge < -0.3 is 0 Å². The van der Waals surface area contributed by atoms with Crippen LogP contribution in [0.15, 0.2) is 34.3 Å². The standard InChI is InChI=1S/C10H8N2S2/c13-7-11-5-9-1-2-10(4-3-9)6-12-8-14/h1-4H,5-6H2. The Morgan fingerprint density at radius 3 is 1.50 bits per heavy atom. The molecule has 0 aliphatic rings. The Hall–Kier alpha value is -1.18. The highest BCUT2D eigenvalue weighted by molar-refractivity contribution is 7.78. The largest absolute Gasteiger partial charge is 0.228 e. The molecule has 0 saturated heterocycles. The number of isothiocyanates is 2. The molecular weight excluding hydrogens is 212 g/mol. The third-order valence-electron chi connectivity index (χ3n) is 1.68. The lowest BCUT2D eigenvalue weighted by Crippen LogP contribution is -1.84. The fourth-order valence-electron chi connectivity index (χ4n) is 0.997. The molecular formula is C10H8N2S2. The van der Waals surface area contributed by atoms with Crippen LogP contribution in [0.3, 0.4) is 0 Å². The van der Waals surface area contributed by atoms with Crippen molar-refractivity contribution < 1.29 is 0 Å². The fraction of sp³-hybridized carbons (Fsp3) is 0.200. The lowest BCUT2D eigenvalue weighted by Gasteiger charge is -1.97. The van der Waals surface area contributed by atoms with Crippen LogP contribution in [-0.2, 0) is 13.1 Å². The molecule has 14 heavy (non-hydrogen) atoms. The van der Waals surface area contributed by atoms with Crippen molar-refractivity contribution >= 4 is 34.8 Å². The molecule has 0 amide bonds. The molecule has 1 aromatic carbocycles. The van der Waals surface area contributed by atoms with Gasteiger partial charge in [-0.2, -0.15) is 0 Å². The highest BCUT2D eigenvalue weighted by atomic mass is 32.1. The van der Waals surface area contributed by atoms with Gasteiger partial charge in [0.15, 0.2) is 0 Å². The molecule has 0 atom stereocenters. The van der Waals surface area contributed by atoms with Gasteiger partial charge in [-0.15, -0.1) is 0 Å². The average molecular weight is 220 g/mol. The molecule has 2 nitrogen and oxygen atoms in total. The minimum Gasteiger partial charge on any atom is -0.228 e. The van der Waals surface area contributed by atoms with Crippen molar-refractivity contribution in [1.82, 2.24) is 0 Å². The zero-order valence-electron chi connectivity index (χ0n) is 7.43. The van der Waals surface area contributed by atoms with Gasteiger partial charge in [0.25, 0.3) is 0 Å². The molecule has 0 saturated carbocycles. The first-order valence-corrected chi connectivity index (χ1v) is 4.83. The molecule has 0 radical (unpaired) electrons. The Balaban J connectivity index is 2.67. The van der Waals surface area contributed by atoms with Gasteiger partial charge in [0, 0.05) is 0 Å². The van der Waals surface area contributed by atoms with Crippen LogP contribution in [0.5, 0.6) is 0 Å². The van der Waals surface area contributed by atoms with Gasteiger partial charge in [0.05, 0.1) is 23.4 Å².